The quantitative estimate of drug-likeness (QED) is 0.720. The van der Waals surface area contributed by atoms with E-state index in [2.05, 4.69) is 15.9 Å². The Balaban J connectivity index is 1.99. The molecule has 1 aliphatic rings. The summed E-state index contributed by atoms with van der Waals surface area (Å²) in [6.45, 7) is 7.07. The third-order valence-electron chi connectivity index (χ3n) is 4.20. The molecule has 1 aromatic carbocycles. The second-order valence-electron chi connectivity index (χ2n) is 7.74. The van der Waals surface area contributed by atoms with E-state index in [0.717, 1.165) is 12.8 Å². The number of carbonyl (C=O) groups excluding carboxylic acids is 2. The Morgan fingerprint density at radius 2 is 2.08 bits per heavy atom. The molecule has 1 atom stereocenters. The smallest absolute Gasteiger partial charge is 0.410 e. The van der Waals surface area contributed by atoms with E-state index in [1.807, 2.05) is 20.8 Å². The molecule has 26 heavy (non-hydrogen) atoms. The molecule has 0 radical (unpaired) electrons. The van der Waals surface area contributed by atoms with Crippen molar-refractivity contribution in [3.05, 3.63) is 34.1 Å². The van der Waals surface area contributed by atoms with E-state index >= 15 is 0 Å². The van der Waals surface area contributed by atoms with Gasteiger partial charge in [0.25, 0.3) is 5.91 Å². The number of hydrogen-bond donors (Lipinski definition) is 0. The molecule has 1 heterocycles. The first kappa shape index (κ1) is 20.7. The third-order valence-corrected chi connectivity index (χ3v) is 4.70. The Kier molecular flexibility index (Phi) is 6.66. The van der Waals surface area contributed by atoms with Crippen LogP contribution in [0.5, 0.6) is 0 Å². The van der Waals surface area contributed by atoms with Crippen molar-refractivity contribution in [3.8, 4) is 0 Å². The summed E-state index contributed by atoms with van der Waals surface area (Å²) in [5.74, 6) is -0.694. The summed E-state index contributed by atoms with van der Waals surface area (Å²) >= 11 is 3.28. The Bertz CT molecular complexity index is 675. The van der Waals surface area contributed by atoms with Gasteiger partial charge in [0, 0.05) is 31.2 Å². The van der Waals surface area contributed by atoms with E-state index in [4.69, 9.17) is 4.74 Å². The van der Waals surface area contributed by atoms with Crippen LogP contribution >= 0.6 is 15.9 Å². The van der Waals surface area contributed by atoms with Gasteiger partial charge in [0.05, 0.1) is 5.56 Å². The number of benzene rings is 1. The first-order valence-electron chi connectivity index (χ1n) is 8.75. The zero-order valence-electron chi connectivity index (χ0n) is 15.7. The Hall–Kier alpha value is -1.63. The van der Waals surface area contributed by atoms with Crippen LogP contribution in [0.15, 0.2) is 22.7 Å². The summed E-state index contributed by atoms with van der Waals surface area (Å²) in [7, 11) is 1.70. The molecule has 0 spiro atoms. The summed E-state index contributed by atoms with van der Waals surface area (Å²) in [4.78, 5) is 28.0. The normalized spacial score (nSPS) is 17.8. The lowest BCUT2D eigenvalue weighted by molar-refractivity contribution is 0.0244. The van der Waals surface area contributed by atoms with E-state index < -0.39 is 11.4 Å². The molecule has 0 aliphatic carbocycles. The highest BCUT2D eigenvalue weighted by Gasteiger charge is 2.28. The fraction of sp³-hybridized carbons (Fsp3) is 0.579. The highest BCUT2D eigenvalue weighted by atomic mass is 79.9. The number of hydrogen-bond acceptors (Lipinski definition) is 3. The molecule has 144 valence electrons. The number of halogens is 2. The first-order valence-corrected chi connectivity index (χ1v) is 9.54. The largest absolute Gasteiger partial charge is 0.444 e. The molecule has 7 heteroatoms. The minimum Gasteiger partial charge on any atom is -0.444 e. The van der Waals surface area contributed by atoms with E-state index in [1.165, 1.54) is 12.1 Å². The maximum atomic E-state index is 14.0. The Morgan fingerprint density at radius 1 is 1.38 bits per heavy atom. The van der Waals surface area contributed by atoms with Crippen molar-refractivity contribution in [2.45, 2.75) is 39.2 Å². The van der Waals surface area contributed by atoms with Gasteiger partial charge in [0.1, 0.15) is 11.4 Å². The second kappa shape index (κ2) is 8.37. The van der Waals surface area contributed by atoms with Crippen molar-refractivity contribution in [1.82, 2.24) is 9.80 Å². The standard InChI is InChI=1S/C19H26BrFN2O3/c1-19(2,3)26-18(25)22(4)11-13-6-5-9-23(12-13)17(24)15-10-14(20)7-8-16(15)21/h7-8,10,13H,5-6,9,11-12H2,1-4H3. The van der Waals surface area contributed by atoms with Gasteiger partial charge in [0.15, 0.2) is 0 Å². The summed E-state index contributed by atoms with van der Waals surface area (Å²) in [5.41, 5.74) is -0.474. The molecule has 0 saturated carbocycles. The van der Waals surface area contributed by atoms with Gasteiger partial charge >= 0.3 is 6.09 Å². The fourth-order valence-electron chi connectivity index (χ4n) is 3.03. The first-order chi connectivity index (χ1) is 12.1. The lowest BCUT2D eigenvalue weighted by Crippen LogP contribution is -2.45. The number of nitrogens with zero attached hydrogens (tertiary/aromatic N) is 2. The molecule has 1 unspecified atom stereocenters. The van der Waals surface area contributed by atoms with Gasteiger partial charge in [-0.2, -0.15) is 0 Å². The van der Waals surface area contributed by atoms with Crippen LogP contribution in [0.25, 0.3) is 0 Å². The van der Waals surface area contributed by atoms with Crippen LogP contribution in [0.1, 0.15) is 44.0 Å². The van der Waals surface area contributed by atoms with Gasteiger partial charge in [-0.15, -0.1) is 0 Å². The minimum absolute atomic E-state index is 0.0699. The number of piperidine rings is 1. The van der Waals surface area contributed by atoms with E-state index in [9.17, 15) is 14.0 Å². The van der Waals surface area contributed by atoms with Crippen molar-refractivity contribution in [2.75, 3.05) is 26.7 Å². The van der Waals surface area contributed by atoms with Crippen LogP contribution in [-0.2, 0) is 4.74 Å². The zero-order valence-corrected chi connectivity index (χ0v) is 17.3. The van der Waals surface area contributed by atoms with Crippen LogP contribution in [-0.4, -0.2) is 54.1 Å². The topological polar surface area (TPSA) is 49.9 Å². The molecule has 2 amide bonds. The van der Waals surface area contributed by atoms with Gasteiger partial charge in [-0.05, 0) is 57.7 Å². The lowest BCUT2D eigenvalue weighted by atomic mass is 9.97. The molecule has 1 fully saturated rings. The van der Waals surface area contributed by atoms with Crippen LogP contribution < -0.4 is 0 Å². The predicted octanol–water partition coefficient (Wildman–Crippen LogP) is 4.31. The average molecular weight is 429 g/mol. The van der Waals surface area contributed by atoms with Crippen LogP contribution in [0.2, 0.25) is 0 Å². The molecule has 1 aromatic rings. The van der Waals surface area contributed by atoms with Crippen LogP contribution in [0.3, 0.4) is 0 Å². The summed E-state index contributed by atoms with van der Waals surface area (Å²) in [6, 6.07) is 4.37. The highest BCUT2D eigenvalue weighted by molar-refractivity contribution is 9.10. The fourth-order valence-corrected chi connectivity index (χ4v) is 3.39. The van der Waals surface area contributed by atoms with Gasteiger partial charge in [-0.25, -0.2) is 9.18 Å². The molecule has 0 aromatic heterocycles. The SMILES string of the molecule is CN(CC1CCCN(C(=O)c2cc(Br)ccc2F)C1)C(=O)OC(C)(C)C. The van der Waals surface area contributed by atoms with Crippen LogP contribution in [0.4, 0.5) is 9.18 Å². The van der Waals surface area contributed by atoms with Crippen molar-refractivity contribution in [2.24, 2.45) is 5.92 Å². The van der Waals surface area contributed by atoms with Crippen LogP contribution in [0, 0.1) is 11.7 Å². The predicted molar refractivity (Wildman–Crippen MR) is 102 cm³/mol. The molecule has 0 N–H and O–H groups in total. The zero-order chi connectivity index (χ0) is 19.5. The van der Waals surface area contributed by atoms with Gasteiger partial charge < -0.3 is 14.5 Å². The van der Waals surface area contributed by atoms with Gasteiger partial charge in [0.2, 0.25) is 0 Å². The number of likely N-dealkylation sites (tertiary alicyclic amines) is 1. The number of ether oxygens (including phenoxy) is 1. The third kappa shape index (κ3) is 5.69. The maximum absolute atomic E-state index is 14.0. The molecule has 1 saturated heterocycles. The maximum Gasteiger partial charge on any atom is 0.410 e. The summed E-state index contributed by atoms with van der Waals surface area (Å²) in [5, 5.41) is 0. The molecular weight excluding hydrogens is 403 g/mol. The van der Waals surface area contributed by atoms with Crippen molar-refractivity contribution < 1.29 is 18.7 Å². The van der Waals surface area contributed by atoms with E-state index in [1.54, 1.807) is 22.9 Å². The lowest BCUT2D eigenvalue weighted by Gasteiger charge is -2.35. The van der Waals surface area contributed by atoms with E-state index in [0.29, 0.717) is 24.1 Å². The van der Waals surface area contributed by atoms with E-state index in [-0.39, 0.29) is 23.5 Å². The second-order valence-corrected chi connectivity index (χ2v) is 8.66. The molecule has 1 aliphatic heterocycles. The molecule has 5 nitrogen and oxygen atoms in total. The van der Waals surface area contributed by atoms with Crippen molar-refractivity contribution in [1.29, 1.82) is 0 Å². The highest BCUT2D eigenvalue weighted by Crippen LogP contribution is 2.23. The number of amides is 2. The van der Waals surface area contributed by atoms with Crippen molar-refractivity contribution in [3.63, 3.8) is 0 Å². The number of rotatable bonds is 3. The molecular formula is C19H26BrFN2O3. The Morgan fingerprint density at radius 3 is 2.73 bits per heavy atom. The average Bonchev–Trinajstić information content (AvgIpc) is 2.55. The van der Waals surface area contributed by atoms with Crippen molar-refractivity contribution >= 4 is 27.9 Å². The summed E-state index contributed by atoms with van der Waals surface area (Å²) < 4.78 is 20.0. The Labute approximate surface area is 162 Å². The molecule has 2 rings (SSSR count). The molecule has 0 bridgehead atoms. The minimum atomic E-state index is -0.544. The van der Waals surface area contributed by atoms with Gasteiger partial charge in [-0.3, -0.25) is 4.79 Å². The monoisotopic (exact) mass is 428 g/mol. The number of carbonyl (C=O) groups is 2. The van der Waals surface area contributed by atoms with Gasteiger partial charge in [-0.1, -0.05) is 15.9 Å². The summed E-state index contributed by atoms with van der Waals surface area (Å²) in [6.07, 6.45) is 1.37.